The minimum absolute atomic E-state index is 0.0182. The number of hydrogen-bond acceptors (Lipinski definition) is 5. The van der Waals surface area contributed by atoms with Gasteiger partial charge >= 0.3 is 0 Å². The van der Waals surface area contributed by atoms with Crippen molar-refractivity contribution in [3.05, 3.63) is 34.4 Å². The molecule has 1 fully saturated rings. The quantitative estimate of drug-likeness (QED) is 0.590. The minimum atomic E-state index is -0.452. The molecule has 7 nitrogen and oxygen atoms in total. The highest BCUT2D eigenvalue weighted by molar-refractivity contribution is 5.94. The number of nitro benzene ring substituents is 1. The van der Waals surface area contributed by atoms with Crippen molar-refractivity contribution in [2.45, 2.75) is 32.2 Å². The van der Waals surface area contributed by atoms with Gasteiger partial charge in [-0.3, -0.25) is 19.8 Å². The maximum absolute atomic E-state index is 12.4. The number of nitrogens with zero attached hydrogens (tertiary/aromatic N) is 2. The number of benzene rings is 1. The molecule has 1 atom stereocenters. The third-order valence-corrected chi connectivity index (χ3v) is 4.72. The third-order valence-electron chi connectivity index (χ3n) is 4.72. The Labute approximate surface area is 142 Å². The van der Waals surface area contributed by atoms with E-state index in [1.54, 1.807) is 12.1 Å². The van der Waals surface area contributed by atoms with Crippen LogP contribution in [0.5, 0.6) is 0 Å². The second-order valence-corrected chi connectivity index (χ2v) is 6.34. The summed E-state index contributed by atoms with van der Waals surface area (Å²) in [6.07, 6.45) is 3.43. The summed E-state index contributed by atoms with van der Waals surface area (Å²) in [5.74, 6) is 0.663. The Morgan fingerprint density at radius 3 is 2.50 bits per heavy atom. The summed E-state index contributed by atoms with van der Waals surface area (Å²) >= 11 is 0. The highest BCUT2D eigenvalue weighted by Crippen LogP contribution is 2.22. The van der Waals surface area contributed by atoms with Gasteiger partial charge in [-0.15, -0.1) is 0 Å². The molecule has 1 aromatic rings. The van der Waals surface area contributed by atoms with E-state index in [-0.39, 0.29) is 17.6 Å². The van der Waals surface area contributed by atoms with E-state index in [0.29, 0.717) is 5.69 Å². The van der Waals surface area contributed by atoms with Crippen LogP contribution in [-0.4, -0.2) is 48.5 Å². The molecule has 0 bridgehead atoms. The second kappa shape index (κ2) is 8.75. The number of rotatable bonds is 7. The number of anilines is 1. The molecule has 1 aliphatic heterocycles. The molecule has 1 saturated heterocycles. The van der Waals surface area contributed by atoms with E-state index in [0.717, 1.165) is 38.4 Å². The number of amides is 1. The van der Waals surface area contributed by atoms with E-state index in [1.165, 1.54) is 18.6 Å². The SMILES string of the molecule is CNCCC1CCN(C(C)C(=O)Nc2ccc([N+](=O)[O-])cc2)CC1. The molecular weight excluding hydrogens is 308 g/mol. The lowest BCUT2D eigenvalue weighted by Crippen LogP contribution is -2.46. The fraction of sp³-hybridized carbons (Fsp3) is 0.588. The zero-order valence-electron chi connectivity index (χ0n) is 14.3. The smallest absolute Gasteiger partial charge is 0.269 e. The van der Waals surface area contributed by atoms with Gasteiger partial charge in [0.1, 0.15) is 0 Å². The molecule has 1 aromatic carbocycles. The second-order valence-electron chi connectivity index (χ2n) is 6.34. The van der Waals surface area contributed by atoms with Gasteiger partial charge in [0.15, 0.2) is 0 Å². The van der Waals surface area contributed by atoms with E-state index in [2.05, 4.69) is 15.5 Å². The first-order valence-corrected chi connectivity index (χ1v) is 8.45. The summed E-state index contributed by atoms with van der Waals surface area (Å²) in [7, 11) is 1.97. The average Bonchev–Trinajstić information content (AvgIpc) is 2.60. The molecule has 1 heterocycles. The van der Waals surface area contributed by atoms with Crippen molar-refractivity contribution in [3.8, 4) is 0 Å². The van der Waals surface area contributed by atoms with Crippen LogP contribution in [0.15, 0.2) is 24.3 Å². The lowest BCUT2D eigenvalue weighted by atomic mass is 9.93. The average molecular weight is 334 g/mol. The van der Waals surface area contributed by atoms with Crippen LogP contribution in [0.4, 0.5) is 11.4 Å². The number of piperidine rings is 1. The Balaban J connectivity index is 1.83. The maximum Gasteiger partial charge on any atom is 0.269 e. The van der Waals surface area contributed by atoms with Gasteiger partial charge in [-0.25, -0.2) is 0 Å². The predicted octanol–water partition coefficient (Wildman–Crippen LogP) is 2.24. The number of nitro groups is 1. The van der Waals surface area contributed by atoms with Crippen molar-refractivity contribution >= 4 is 17.3 Å². The molecule has 2 N–H and O–H groups in total. The van der Waals surface area contributed by atoms with Crippen molar-refractivity contribution in [2.75, 3.05) is 32.0 Å². The standard InChI is InChI=1S/C17H26N4O3/c1-13(20-11-8-14(9-12-20)7-10-18-2)17(22)19-15-3-5-16(6-4-15)21(23)24/h3-6,13-14,18H,7-12H2,1-2H3,(H,19,22). The largest absolute Gasteiger partial charge is 0.325 e. The lowest BCUT2D eigenvalue weighted by Gasteiger charge is -2.35. The Hall–Kier alpha value is -1.99. The highest BCUT2D eigenvalue weighted by atomic mass is 16.6. The molecule has 2 rings (SSSR count). The normalized spacial score (nSPS) is 17.4. The number of likely N-dealkylation sites (tertiary alicyclic amines) is 1. The molecular formula is C17H26N4O3. The molecule has 132 valence electrons. The van der Waals surface area contributed by atoms with Crippen LogP contribution in [0.3, 0.4) is 0 Å². The maximum atomic E-state index is 12.4. The summed E-state index contributed by atoms with van der Waals surface area (Å²) in [5.41, 5.74) is 0.603. The molecule has 1 unspecified atom stereocenters. The molecule has 24 heavy (non-hydrogen) atoms. The summed E-state index contributed by atoms with van der Waals surface area (Å²) in [6, 6.07) is 5.71. The summed E-state index contributed by atoms with van der Waals surface area (Å²) in [5, 5.41) is 16.7. The van der Waals surface area contributed by atoms with Gasteiger partial charge in [-0.2, -0.15) is 0 Å². The molecule has 1 aliphatic rings. The fourth-order valence-corrected chi connectivity index (χ4v) is 3.06. The molecule has 0 saturated carbocycles. The Morgan fingerprint density at radius 2 is 1.96 bits per heavy atom. The van der Waals surface area contributed by atoms with Crippen LogP contribution in [0.2, 0.25) is 0 Å². The zero-order chi connectivity index (χ0) is 17.5. The van der Waals surface area contributed by atoms with Gasteiger partial charge < -0.3 is 10.6 Å². The van der Waals surface area contributed by atoms with Crippen molar-refractivity contribution in [1.82, 2.24) is 10.2 Å². The summed E-state index contributed by atoms with van der Waals surface area (Å²) in [6.45, 7) is 4.82. The molecule has 7 heteroatoms. The molecule has 0 aromatic heterocycles. The first-order chi connectivity index (χ1) is 11.5. The highest BCUT2D eigenvalue weighted by Gasteiger charge is 2.26. The number of carbonyl (C=O) groups is 1. The van der Waals surface area contributed by atoms with E-state index in [1.807, 2.05) is 14.0 Å². The number of hydrogen-bond donors (Lipinski definition) is 2. The molecule has 0 spiro atoms. The van der Waals surface area contributed by atoms with E-state index < -0.39 is 4.92 Å². The van der Waals surface area contributed by atoms with Crippen LogP contribution >= 0.6 is 0 Å². The van der Waals surface area contributed by atoms with Gasteiger partial charge in [0.2, 0.25) is 5.91 Å². The van der Waals surface area contributed by atoms with E-state index in [4.69, 9.17) is 0 Å². The van der Waals surface area contributed by atoms with Crippen LogP contribution in [0, 0.1) is 16.0 Å². The lowest BCUT2D eigenvalue weighted by molar-refractivity contribution is -0.384. The van der Waals surface area contributed by atoms with Crippen molar-refractivity contribution < 1.29 is 9.72 Å². The fourth-order valence-electron chi connectivity index (χ4n) is 3.06. The van der Waals surface area contributed by atoms with E-state index >= 15 is 0 Å². The summed E-state index contributed by atoms with van der Waals surface area (Å²) in [4.78, 5) is 24.8. The monoisotopic (exact) mass is 334 g/mol. The van der Waals surface area contributed by atoms with Gasteiger partial charge in [-0.05, 0) is 70.9 Å². The minimum Gasteiger partial charge on any atom is -0.325 e. The number of carbonyl (C=O) groups excluding carboxylic acids is 1. The van der Waals surface area contributed by atoms with Crippen molar-refractivity contribution in [1.29, 1.82) is 0 Å². The topological polar surface area (TPSA) is 87.5 Å². The number of nitrogens with one attached hydrogen (secondary N) is 2. The Morgan fingerprint density at radius 1 is 1.33 bits per heavy atom. The van der Waals surface area contributed by atoms with Crippen LogP contribution in [0.1, 0.15) is 26.2 Å². The Bertz CT molecular complexity index is 553. The van der Waals surface area contributed by atoms with Gasteiger partial charge in [0.05, 0.1) is 11.0 Å². The van der Waals surface area contributed by atoms with Crippen molar-refractivity contribution in [2.24, 2.45) is 5.92 Å². The van der Waals surface area contributed by atoms with Crippen molar-refractivity contribution in [3.63, 3.8) is 0 Å². The molecule has 0 radical (unpaired) electrons. The van der Waals surface area contributed by atoms with Gasteiger partial charge in [0.25, 0.3) is 5.69 Å². The third kappa shape index (κ3) is 5.01. The predicted molar refractivity (Wildman–Crippen MR) is 94.0 cm³/mol. The molecule has 1 amide bonds. The first kappa shape index (κ1) is 18.4. The Kier molecular flexibility index (Phi) is 6.69. The van der Waals surface area contributed by atoms with Gasteiger partial charge in [0, 0.05) is 17.8 Å². The van der Waals surface area contributed by atoms with Crippen LogP contribution in [-0.2, 0) is 4.79 Å². The van der Waals surface area contributed by atoms with E-state index in [9.17, 15) is 14.9 Å². The zero-order valence-corrected chi connectivity index (χ0v) is 14.3. The van der Waals surface area contributed by atoms with Crippen LogP contribution in [0.25, 0.3) is 0 Å². The van der Waals surface area contributed by atoms with Crippen LogP contribution < -0.4 is 10.6 Å². The summed E-state index contributed by atoms with van der Waals surface area (Å²) < 4.78 is 0. The van der Waals surface area contributed by atoms with Gasteiger partial charge in [-0.1, -0.05) is 0 Å². The number of non-ortho nitro benzene ring substituents is 1. The first-order valence-electron chi connectivity index (χ1n) is 8.45. The molecule has 0 aliphatic carbocycles.